The summed E-state index contributed by atoms with van der Waals surface area (Å²) in [6.45, 7) is 7.31. The molecule has 1 saturated heterocycles. The fourth-order valence-corrected chi connectivity index (χ4v) is 6.75. The minimum absolute atomic E-state index is 0.00300. The van der Waals surface area contributed by atoms with Gasteiger partial charge in [0.2, 0.25) is 8.32 Å². The number of nitrogens with zero attached hydrogens (tertiary/aromatic N) is 1. The second-order valence-electron chi connectivity index (χ2n) is 5.39. The molecule has 1 fully saturated rings. The maximum absolute atomic E-state index is 6.13. The van der Waals surface area contributed by atoms with Crippen molar-refractivity contribution < 1.29 is 13.9 Å². The molecule has 0 saturated carbocycles. The molecular weight excluding hydrogens is 250 g/mol. The maximum Gasteiger partial charge on any atom is 0.201 e. The summed E-state index contributed by atoms with van der Waals surface area (Å²) in [7, 11) is 2.05. The summed E-state index contributed by atoms with van der Waals surface area (Å²) in [5.74, 6) is 0. The molecule has 0 bridgehead atoms. The first kappa shape index (κ1) is 15.3. The normalized spacial score (nSPS) is 25.8. The molecule has 1 heterocycles. The van der Waals surface area contributed by atoms with Crippen molar-refractivity contribution in [3.63, 3.8) is 0 Å². The van der Waals surface area contributed by atoms with Crippen LogP contribution in [0.3, 0.4) is 0 Å². The van der Waals surface area contributed by atoms with Crippen molar-refractivity contribution in [2.75, 3.05) is 46.3 Å². The van der Waals surface area contributed by atoms with E-state index in [0.29, 0.717) is 0 Å². The molecule has 6 heteroatoms. The van der Waals surface area contributed by atoms with Gasteiger partial charge in [0.15, 0.2) is 0 Å². The zero-order valence-corrected chi connectivity index (χ0v) is 14.1. The lowest BCUT2D eigenvalue weighted by atomic mass is 10.3. The van der Waals surface area contributed by atoms with E-state index in [9.17, 15) is 0 Å². The molecule has 0 aliphatic carbocycles. The molecule has 4 nitrogen and oxygen atoms in total. The van der Waals surface area contributed by atoms with E-state index < -0.39 is 8.32 Å². The molecule has 0 aromatic heterocycles. The fraction of sp³-hybridized carbons (Fsp3) is 1.00. The van der Waals surface area contributed by atoms with E-state index in [-0.39, 0.29) is 15.6 Å². The van der Waals surface area contributed by atoms with E-state index in [2.05, 4.69) is 18.0 Å². The summed E-state index contributed by atoms with van der Waals surface area (Å²) in [4.78, 5) is 2.60. The highest BCUT2D eigenvalue weighted by Gasteiger charge is 2.35. The summed E-state index contributed by atoms with van der Waals surface area (Å²) in [5.41, 5.74) is 0. The van der Waals surface area contributed by atoms with Gasteiger partial charge in [-0.1, -0.05) is 0 Å². The summed E-state index contributed by atoms with van der Waals surface area (Å²) in [6.07, 6.45) is 2.75. The Balaban J connectivity index is 2.32. The van der Waals surface area contributed by atoms with Gasteiger partial charge in [-0.25, -0.2) is 0 Å². The smallest absolute Gasteiger partial charge is 0.201 e. The average molecular weight is 278 g/mol. The Morgan fingerprint density at radius 3 is 2.76 bits per heavy atom. The Morgan fingerprint density at radius 2 is 2.12 bits per heavy atom. The van der Waals surface area contributed by atoms with E-state index >= 15 is 0 Å². The zero-order chi connectivity index (χ0) is 12.7. The molecule has 1 aliphatic rings. The van der Waals surface area contributed by atoms with Crippen LogP contribution in [-0.2, 0) is 13.9 Å². The average Bonchev–Trinajstić information content (AvgIpc) is 2.23. The first-order chi connectivity index (χ1) is 8.07. The molecule has 0 aromatic carbocycles. The first-order valence-corrected chi connectivity index (χ1v) is 11.6. The largest absolute Gasteiger partial charge is 0.410 e. The van der Waals surface area contributed by atoms with Crippen LogP contribution in [0.5, 0.6) is 0 Å². The predicted octanol–water partition coefficient (Wildman–Crippen LogP) is 0.269. The third-order valence-corrected chi connectivity index (χ3v) is 6.89. The molecule has 0 aromatic rings. The summed E-state index contributed by atoms with van der Waals surface area (Å²) >= 11 is 0. The lowest BCUT2D eigenvalue weighted by Crippen LogP contribution is -2.57. The number of rotatable bonds is 7. The van der Waals surface area contributed by atoms with Gasteiger partial charge in [0, 0.05) is 43.1 Å². The highest BCUT2D eigenvalue weighted by molar-refractivity contribution is 6.71. The lowest BCUT2D eigenvalue weighted by Gasteiger charge is -2.41. The van der Waals surface area contributed by atoms with Crippen LogP contribution in [0.2, 0.25) is 19.1 Å². The molecule has 102 valence electrons. The Kier molecular flexibility index (Phi) is 6.90. The van der Waals surface area contributed by atoms with Crippen LogP contribution in [-0.4, -0.2) is 75.2 Å². The van der Waals surface area contributed by atoms with Crippen LogP contribution < -0.4 is 0 Å². The van der Waals surface area contributed by atoms with Gasteiger partial charge < -0.3 is 18.8 Å². The predicted molar refractivity (Wildman–Crippen MR) is 75.9 cm³/mol. The second-order valence-corrected chi connectivity index (χ2v) is 11.3. The monoisotopic (exact) mass is 277 g/mol. The molecule has 0 radical (unpaired) electrons. The minimum Gasteiger partial charge on any atom is -0.410 e. The molecule has 0 N–H and O–H groups in total. The Hall–Kier alpha value is 0.274. The van der Waals surface area contributed by atoms with Crippen molar-refractivity contribution >= 4 is 17.8 Å². The summed E-state index contributed by atoms with van der Waals surface area (Å²) < 4.78 is 16.5. The quantitative estimate of drug-likeness (QED) is 0.494. The third kappa shape index (κ3) is 6.12. The molecule has 1 rings (SSSR count). The standard InChI is InChI=1S/C11H27NO3Si2/c1-13-5-6-16-9-12-7-11(8-14-2)15-17(3,4)10-12/h11H,5-10,16H2,1-4H3. The van der Waals surface area contributed by atoms with E-state index in [4.69, 9.17) is 13.9 Å². The van der Waals surface area contributed by atoms with Crippen LogP contribution in [0.4, 0.5) is 0 Å². The van der Waals surface area contributed by atoms with Crippen molar-refractivity contribution in [2.45, 2.75) is 25.2 Å². The van der Waals surface area contributed by atoms with Crippen LogP contribution in [0.1, 0.15) is 0 Å². The maximum atomic E-state index is 6.13. The molecule has 0 spiro atoms. The third-order valence-electron chi connectivity index (χ3n) is 2.98. The highest BCUT2D eigenvalue weighted by atomic mass is 28.4. The van der Waals surface area contributed by atoms with Crippen molar-refractivity contribution in [2.24, 2.45) is 0 Å². The Morgan fingerprint density at radius 1 is 1.35 bits per heavy atom. The van der Waals surface area contributed by atoms with Crippen LogP contribution in [0.15, 0.2) is 0 Å². The van der Waals surface area contributed by atoms with Gasteiger partial charge in [-0.2, -0.15) is 0 Å². The van der Waals surface area contributed by atoms with Crippen LogP contribution >= 0.6 is 0 Å². The van der Waals surface area contributed by atoms with Crippen LogP contribution in [0.25, 0.3) is 0 Å². The van der Waals surface area contributed by atoms with E-state index in [1.165, 1.54) is 18.4 Å². The summed E-state index contributed by atoms with van der Waals surface area (Å²) in [6, 6.07) is 1.28. The van der Waals surface area contributed by atoms with Crippen molar-refractivity contribution in [3.05, 3.63) is 0 Å². The minimum atomic E-state index is -1.49. The van der Waals surface area contributed by atoms with E-state index in [1.54, 1.807) is 14.2 Å². The van der Waals surface area contributed by atoms with Gasteiger partial charge in [-0.05, 0) is 25.3 Å². The van der Waals surface area contributed by atoms with Crippen molar-refractivity contribution in [3.8, 4) is 0 Å². The number of ether oxygens (including phenoxy) is 2. The Bertz CT molecular complexity index is 217. The van der Waals surface area contributed by atoms with Gasteiger partial charge in [-0.3, -0.25) is 0 Å². The molecule has 0 amide bonds. The summed E-state index contributed by atoms with van der Waals surface area (Å²) in [5, 5.41) is 0. The number of hydrogen-bond donors (Lipinski definition) is 0. The van der Waals surface area contributed by atoms with E-state index in [1.807, 2.05) is 0 Å². The fourth-order valence-electron chi connectivity index (χ4n) is 2.44. The molecule has 17 heavy (non-hydrogen) atoms. The second kappa shape index (κ2) is 7.65. The van der Waals surface area contributed by atoms with Crippen molar-refractivity contribution in [1.82, 2.24) is 4.90 Å². The van der Waals surface area contributed by atoms with Gasteiger partial charge in [0.25, 0.3) is 0 Å². The van der Waals surface area contributed by atoms with Gasteiger partial charge in [0.1, 0.15) is 0 Å². The van der Waals surface area contributed by atoms with Crippen LogP contribution in [0, 0.1) is 0 Å². The molecular formula is C11H27NO3Si2. The molecule has 1 unspecified atom stereocenters. The topological polar surface area (TPSA) is 30.9 Å². The lowest BCUT2D eigenvalue weighted by molar-refractivity contribution is 0.0342. The number of methoxy groups -OCH3 is 2. The zero-order valence-electron chi connectivity index (χ0n) is 11.7. The molecule has 1 aliphatic heterocycles. The molecule has 1 atom stereocenters. The van der Waals surface area contributed by atoms with Crippen molar-refractivity contribution in [1.29, 1.82) is 0 Å². The van der Waals surface area contributed by atoms with E-state index in [0.717, 1.165) is 19.8 Å². The van der Waals surface area contributed by atoms with Gasteiger partial charge >= 0.3 is 0 Å². The first-order valence-electron chi connectivity index (χ1n) is 6.45. The SMILES string of the molecule is COCC[SiH2]CN1CC(COC)O[Si](C)(C)C1. The van der Waals surface area contributed by atoms with Gasteiger partial charge in [-0.15, -0.1) is 0 Å². The Labute approximate surface area is 109 Å². The van der Waals surface area contributed by atoms with Gasteiger partial charge in [0.05, 0.1) is 12.7 Å². The number of hydrogen-bond acceptors (Lipinski definition) is 4. The highest BCUT2D eigenvalue weighted by Crippen LogP contribution is 2.17.